The number of alkyl carbamates (subject to hydrolysis) is 1. The maximum Gasteiger partial charge on any atom is 0.407 e. The molecule has 2 heterocycles. The second-order valence-corrected chi connectivity index (χ2v) is 4.24. The number of amides is 1. The minimum atomic E-state index is -0.259. The molecular weight excluding hydrogens is 168 g/mol. The Morgan fingerprint density at radius 1 is 1.62 bits per heavy atom. The van der Waals surface area contributed by atoms with Crippen LogP contribution in [0, 0.1) is 0 Å². The number of hydrogen-bond donors (Lipinski definition) is 1. The molecule has 1 spiro atoms. The van der Waals surface area contributed by atoms with E-state index >= 15 is 0 Å². The topological polar surface area (TPSA) is 41.6 Å². The summed E-state index contributed by atoms with van der Waals surface area (Å²) in [5.41, 5.74) is -0.221. The van der Waals surface area contributed by atoms with Crippen molar-refractivity contribution in [1.82, 2.24) is 10.2 Å². The zero-order valence-corrected chi connectivity index (χ0v) is 8.17. The number of nitrogens with one attached hydrogen (secondary N) is 1. The van der Waals surface area contributed by atoms with Crippen molar-refractivity contribution >= 4 is 6.09 Å². The number of ether oxygens (including phenoxy) is 1. The summed E-state index contributed by atoms with van der Waals surface area (Å²) in [6.45, 7) is 6.93. The first kappa shape index (κ1) is 8.81. The minimum Gasteiger partial charge on any atom is -0.440 e. The molecule has 4 heteroatoms. The van der Waals surface area contributed by atoms with E-state index in [0.717, 1.165) is 19.5 Å². The van der Waals surface area contributed by atoms with E-state index in [9.17, 15) is 4.79 Å². The zero-order chi connectivity index (χ0) is 9.47. The van der Waals surface area contributed by atoms with Gasteiger partial charge in [0.2, 0.25) is 0 Å². The van der Waals surface area contributed by atoms with Crippen molar-refractivity contribution in [3.05, 3.63) is 0 Å². The molecule has 1 N–H and O–H groups in total. The molecule has 0 saturated carbocycles. The average molecular weight is 184 g/mol. The Kier molecular flexibility index (Phi) is 1.95. The third-order valence-corrected chi connectivity index (χ3v) is 2.94. The largest absolute Gasteiger partial charge is 0.440 e. The van der Waals surface area contributed by atoms with Gasteiger partial charge in [-0.25, -0.2) is 4.79 Å². The van der Waals surface area contributed by atoms with Gasteiger partial charge in [-0.3, -0.25) is 4.90 Å². The highest BCUT2D eigenvalue weighted by molar-refractivity contribution is 5.70. The first-order chi connectivity index (χ1) is 6.11. The fourth-order valence-electron chi connectivity index (χ4n) is 2.05. The van der Waals surface area contributed by atoms with Crippen LogP contribution in [-0.2, 0) is 4.74 Å². The quantitative estimate of drug-likeness (QED) is 0.648. The third kappa shape index (κ3) is 1.50. The van der Waals surface area contributed by atoms with E-state index in [4.69, 9.17) is 4.74 Å². The molecule has 4 nitrogen and oxygen atoms in total. The highest BCUT2D eigenvalue weighted by atomic mass is 16.6. The Morgan fingerprint density at radius 3 is 2.85 bits per heavy atom. The standard InChI is InChI=1S/C9H16N2O2/c1-7(2)11-4-3-9(6-11)5-10-8(12)13-9/h7H,3-6H2,1-2H3,(H,10,12). The second kappa shape index (κ2) is 2.87. The van der Waals surface area contributed by atoms with Crippen LogP contribution >= 0.6 is 0 Å². The summed E-state index contributed by atoms with van der Waals surface area (Å²) in [5.74, 6) is 0. The van der Waals surface area contributed by atoms with Crippen LogP contribution in [0.4, 0.5) is 4.79 Å². The number of carbonyl (C=O) groups is 1. The molecule has 2 saturated heterocycles. The number of carbonyl (C=O) groups excluding carboxylic acids is 1. The van der Waals surface area contributed by atoms with Crippen molar-refractivity contribution in [2.24, 2.45) is 0 Å². The lowest BCUT2D eigenvalue weighted by atomic mass is 10.0. The number of rotatable bonds is 1. The predicted octanol–water partition coefficient (Wildman–Crippen LogP) is 0.579. The van der Waals surface area contributed by atoms with E-state index < -0.39 is 0 Å². The fourth-order valence-corrected chi connectivity index (χ4v) is 2.05. The van der Waals surface area contributed by atoms with E-state index in [-0.39, 0.29) is 11.7 Å². The van der Waals surface area contributed by atoms with Gasteiger partial charge in [-0.05, 0) is 13.8 Å². The molecule has 0 aromatic heterocycles. The molecule has 2 fully saturated rings. The molecular formula is C9H16N2O2. The predicted molar refractivity (Wildman–Crippen MR) is 48.5 cm³/mol. The van der Waals surface area contributed by atoms with Crippen molar-refractivity contribution < 1.29 is 9.53 Å². The highest BCUT2D eigenvalue weighted by Crippen LogP contribution is 2.29. The van der Waals surface area contributed by atoms with Gasteiger partial charge in [0.1, 0.15) is 5.60 Å². The third-order valence-electron chi connectivity index (χ3n) is 2.94. The molecule has 0 aromatic carbocycles. The zero-order valence-electron chi connectivity index (χ0n) is 8.17. The van der Waals surface area contributed by atoms with Gasteiger partial charge in [0.15, 0.2) is 0 Å². The maximum atomic E-state index is 10.9. The normalized spacial score (nSPS) is 34.2. The van der Waals surface area contributed by atoms with Gasteiger partial charge >= 0.3 is 6.09 Å². The van der Waals surface area contributed by atoms with Gasteiger partial charge in [-0.1, -0.05) is 0 Å². The molecule has 0 aliphatic carbocycles. The second-order valence-electron chi connectivity index (χ2n) is 4.24. The monoisotopic (exact) mass is 184 g/mol. The van der Waals surface area contributed by atoms with Crippen molar-refractivity contribution in [2.75, 3.05) is 19.6 Å². The molecule has 0 bridgehead atoms. The molecule has 2 rings (SSSR count). The average Bonchev–Trinajstić information content (AvgIpc) is 2.61. The van der Waals surface area contributed by atoms with Crippen molar-refractivity contribution in [3.63, 3.8) is 0 Å². The first-order valence-corrected chi connectivity index (χ1v) is 4.82. The molecule has 2 aliphatic heterocycles. The summed E-state index contributed by atoms with van der Waals surface area (Å²) >= 11 is 0. The number of hydrogen-bond acceptors (Lipinski definition) is 3. The first-order valence-electron chi connectivity index (χ1n) is 4.82. The van der Waals surface area contributed by atoms with Crippen LogP contribution in [-0.4, -0.2) is 42.3 Å². The van der Waals surface area contributed by atoms with Crippen molar-refractivity contribution in [1.29, 1.82) is 0 Å². The van der Waals surface area contributed by atoms with Gasteiger partial charge < -0.3 is 10.1 Å². The van der Waals surface area contributed by atoms with Crippen LogP contribution in [0.15, 0.2) is 0 Å². The Morgan fingerprint density at radius 2 is 2.38 bits per heavy atom. The van der Waals surface area contributed by atoms with Crippen LogP contribution in [0.2, 0.25) is 0 Å². The molecule has 0 radical (unpaired) electrons. The SMILES string of the molecule is CC(C)N1CCC2(CNC(=O)O2)C1. The Labute approximate surface area is 78.2 Å². The summed E-state index contributed by atoms with van der Waals surface area (Å²) < 4.78 is 5.30. The van der Waals surface area contributed by atoms with Crippen molar-refractivity contribution in [3.8, 4) is 0 Å². The lowest BCUT2D eigenvalue weighted by Crippen LogP contribution is -2.38. The summed E-state index contributed by atoms with van der Waals surface area (Å²) in [6.07, 6.45) is 0.704. The minimum absolute atomic E-state index is 0.221. The lowest BCUT2D eigenvalue weighted by Gasteiger charge is -2.23. The molecule has 1 atom stereocenters. The van der Waals surface area contributed by atoms with Gasteiger partial charge in [-0.15, -0.1) is 0 Å². The van der Waals surface area contributed by atoms with E-state index in [1.807, 2.05) is 0 Å². The van der Waals surface area contributed by atoms with Crippen LogP contribution in [0.5, 0.6) is 0 Å². The van der Waals surface area contributed by atoms with Crippen LogP contribution in [0.25, 0.3) is 0 Å². The van der Waals surface area contributed by atoms with Gasteiger partial charge in [-0.2, -0.15) is 0 Å². The summed E-state index contributed by atoms with van der Waals surface area (Å²) in [4.78, 5) is 13.3. The van der Waals surface area contributed by atoms with E-state index in [2.05, 4.69) is 24.1 Å². The number of nitrogens with zero attached hydrogens (tertiary/aromatic N) is 1. The smallest absolute Gasteiger partial charge is 0.407 e. The molecule has 0 aromatic rings. The molecule has 1 unspecified atom stereocenters. The Hall–Kier alpha value is -0.770. The van der Waals surface area contributed by atoms with E-state index in [1.54, 1.807) is 0 Å². The number of likely N-dealkylation sites (tertiary alicyclic amines) is 1. The Bertz CT molecular complexity index is 230. The maximum absolute atomic E-state index is 10.9. The van der Waals surface area contributed by atoms with Crippen LogP contribution < -0.4 is 5.32 Å². The molecule has 13 heavy (non-hydrogen) atoms. The van der Waals surface area contributed by atoms with Crippen molar-refractivity contribution in [2.45, 2.75) is 31.9 Å². The molecule has 1 amide bonds. The molecule has 74 valence electrons. The van der Waals surface area contributed by atoms with Crippen LogP contribution in [0.1, 0.15) is 20.3 Å². The van der Waals surface area contributed by atoms with Crippen LogP contribution in [0.3, 0.4) is 0 Å². The lowest BCUT2D eigenvalue weighted by molar-refractivity contribution is 0.0604. The van der Waals surface area contributed by atoms with Gasteiger partial charge in [0.05, 0.1) is 6.54 Å². The van der Waals surface area contributed by atoms with Gasteiger partial charge in [0, 0.05) is 25.6 Å². The summed E-state index contributed by atoms with van der Waals surface area (Å²) in [7, 11) is 0. The van der Waals surface area contributed by atoms with E-state index in [0.29, 0.717) is 12.6 Å². The van der Waals surface area contributed by atoms with Gasteiger partial charge in [0.25, 0.3) is 0 Å². The highest BCUT2D eigenvalue weighted by Gasteiger charge is 2.46. The van der Waals surface area contributed by atoms with E-state index in [1.165, 1.54) is 0 Å². The summed E-state index contributed by atoms with van der Waals surface area (Å²) in [5, 5.41) is 2.72. The Balaban J connectivity index is 2.01. The summed E-state index contributed by atoms with van der Waals surface area (Å²) in [6, 6.07) is 0.540. The fraction of sp³-hybridized carbons (Fsp3) is 0.889. The molecule has 2 aliphatic rings.